The van der Waals surface area contributed by atoms with E-state index in [-0.39, 0.29) is 10.8 Å². The Labute approximate surface area is 373 Å². The molecule has 0 N–H and O–H groups in total. The second kappa shape index (κ2) is 13.8. The maximum atomic E-state index is 4.54. The maximum absolute atomic E-state index is 4.54. The lowest BCUT2D eigenvalue weighted by Crippen LogP contribution is -2.22. The Hall–Kier alpha value is -5.42. The zero-order valence-corrected chi connectivity index (χ0v) is 40.9. The molecule has 0 saturated carbocycles. The Bertz CT molecular complexity index is 3020. The molecule has 0 nitrogen and oxygen atoms in total. The minimum atomic E-state index is -0.437. The quantitative estimate of drug-likeness (QED) is 0.156. The van der Waals surface area contributed by atoms with Gasteiger partial charge in [-0.2, -0.15) is 0 Å². The first-order valence-electron chi connectivity index (χ1n) is 22.9. The Morgan fingerprint density at radius 1 is 0.435 bits per heavy atom. The standard InChI is InChI=1S/C62H66/c1-32-19-36(5)51(37(6)20-32)47(52-38(7)21-33(2)22-39(52)8)31-49-56-46-29-44(60(12,13)14)27-43-28-45(61(15,16)17)30-48(55(43)46)58(56)62(18)50-26-35(4)25-42(11)54(50)57(59(49)62)53-40(9)23-34(3)24-41(53)10/h19-30H,1-18H3. The van der Waals surface area contributed by atoms with E-state index in [1.807, 2.05) is 0 Å². The molecule has 1 unspecified atom stereocenters. The first-order valence-corrected chi connectivity index (χ1v) is 22.9. The van der Waals surface area contributed by atoms with Crippen molar-refractivity contribution in [2.45, 2.75) is 141 Å². The van der Waals surface area contributed by atoms with Crippen LogP contribution < -0.4 is 0 Å². The summed E-state index contributed by atoms with van der Waals surface area (Å²) in [5.41, 5.74) is 38.8. The third-order valence-electron chi connectivity index (χ3n) is 14.6. The third kappa shape index (κ3) is 6.08. The van der Waals surface area contributed by atoms with Crippen molar-refractivity contribution in [1.29, 1.82) is 0 Å². The van der Waals surface area contributed by atoms with Gasteiger partial charge in [0.15, 0.2) is 0 Å². The average molecular weight is 811 g/mol. The topological polar surface area (TPSA) is 0 Å². The molecular formula is C62H66. The van der Waals surface area contributed by atoms with E-state index in [1.54, 1.807) is 0 Å². The van der Waals surface area contributed by atoms with E-state index in [1.165, 1.54) is 155 Å². The van der Waals surface area contributed by atoms with Gasteiger partial charge in [-0.25, -0.2) is 0 Å². The monoisotopic (exact) mass is 811 g/mol. The van der Waals surface area contributed by atoms with Crippen molar-refractivity contribution in [1.82, 2.24) is 0 Å². The molecule has 0 aromatic heterocycles. The fourth-order valence-corrected chi connectivity index (χ4v) is 12.3. The number of aryl methyl sites for hydroxylation is 11. The molecule has 0 aliphatic heterocycles. The minimum Gasteiger partial charge on any atom is -0.103 e. The van der Waals surface area contributed by atoms with E-state index in [9.17, 15) is 0 Å². The Morgan fingerprint density at radius 2 is 0.839 bits per heavy atom. The Morgan fingerprint density at radius 3 is 1.29 bits per heavy atom. The van der Waals surface area contributed by atoms with Crippen LogP contribution in [0.2, 0.25) is 0 Å². The zero-order chi connectivity index (χ0) is 44.9. The molecule has 62 heavy (non-hydrogen) atoms. The second-order valence-electron chi connectivity index (χ2n) is 22.0. The molecule has 3 aliphatic rings. The van der Waals surface area contributed by atoms with E-state index in [0.29, 0.717) is 0 Å². The van der Waals surface area contributed by atoms with Crippen LogP contribution in [0.1, 0.15) is 160 Å². The van der Waals surface area contributed by atoms with Gasteiger partial charge in [0.05, 0.1) is 0 Å². The molecule has 0 heteroatoms. The average Bonchev–Trinajstić information content (AvgIpc) is 3.68. The van der Waals surface area contributed by atoms with Crippen molar-refractivity contribution in [3.8, 4) is 0 Å². The minimum absolute atomic E-state index is 0.0289. The summed E-state index contributed by atoms with van der Waals surface area (Å²) in [7, 11) is 0. The summed E-state index contributed by atoms with van der Waals surface area (Å²) in [5, 5.41) is 2.74. The lowest BCUT2D eigenvalue weighted by atomic mass is 9.71. The van der Waals surface area contributed by atoms with Crippen LogP contribution in [0, 0.1) is 76.2 Å². The van der Waals surface area contributed by atoms with Crippen LogP contribution in [0.4, 0.5) is 0 Å². The molecule has 9 rings (SSSR count). The molecule has 1 atom stereocenters. The van der Waals surface area contributed by atoms with E-state index in [4.69, 9.17) is 0 Å². The summed E-state index contributed by atoms with van der Waals surface area (Å²) >= 11 is 0. The van der Waals surface area contributed by atoms with Gasteiger partial charge >= 0.3 is 0 Å². The first-order chi connectivity index (χ1) is 28.9. The van der Waals surface area contributed by atoms with Gasteiger partial charge in [0.2, 0.25) is 0 Å². The molecule has 314 valence electrons. The number of benzene rings is 6. The molecule has 0 fully saturated rings. The highest BCUT2D eigenvalue weighted by Gasteiger charge is 2.56. The molecular weight excluding hydrogens is 745 g/mol. The van der Waals surface area contributed by atoms with Gasteiger partial charge in [-0.1, -0.05) is 131 Å². The van der Waals surface area contributed by atoms with E-state index in [2.05, 4.69) is 203 Å². The first kappa shape index (κ1) is 41.9. The van der Waals surface area contributed by atoms with Gasteiger partial charge in [0.25, 0.3) is 0 Å². The molecule has 3 aliphatic carbocycles. The Balaban J connectivity index is 1.61. The summed E-state index contributed by atoms with van der Waals surface area (Å²) < 4.78 is 0. The van der Waals surface area contributed by atoms with E-state index < -0.39 is 5.41 Å². The van der Waals surface area contributed by atoms with Crippen molar-refractivity contribution in [3.05, 3.63) is 201 Å². The molecule has 0 spiro atoms. The predicted octanol–water partition coefficient (Wildman–Crippen LogP) is 16.5. The molecule has 0 radical (unpaired) electrons. The molecule has 6 aromatic carbocycles. The molecule has 6 aromatic rings. The van der Waals surface area contributed by atoms with E-state index >= 15 is 0 Å². The zero-order valence-electron chi connectivity index (χ0n) is 40.9. The fraction of sp³-hybridized carbons (Fsp3) is 0.339. The summed E-state index contributed by atoms with van der Waals surface area (Å²) in [4.78, 5) is 0. The van der Waals surface area contributed by atoms with Gasteiger partial charge in [-0.15, -0.1) is 5.73 Å². The van der Waals surface area contributed by atoms with Crippen LogP contribution in [-0.4, -0.2) is 0 Å². The molecule has 0 saturated heterocycles. The van der Waals surface area contributed by atoms with Crippen molar-refractivity contribution in [2.24, 2.45) is 0 Å². The summed E-state index contributed by atoms with van der Waals surface area (Å²) in [6.07, 6.45) is 0. The highest BCUT2D eigenvalue weighted by Crippen LogP contribution is 2.69. The normalized spacial score (nSPS) is 16.7. The van der Waals surface area contributed by atoms with Gasteiger partial charge in [0, 0.05) is 22.1 Å². The van der Waals surface area contributed by atoms with Crippen molar-refractivity contribution in [2.75, 3.05) is 0 Å². The van der Waals surface area contributed by atoms with Crippen LogP contribution in [0.25, 0.3) is 33.1 Å². The smallest absolute Gasteiger partial charge is 0.0461 e. The lowest BCUT2D eigenvalue weighted by molar-refractivity contribution is 0.589. The summed E-state index contributed by atoms with van der Waals surface area (Å²) in [5.74, 6) is 0. The second-order valence-corrected chi connectivity index (χ2v) is 22.0. The summed E-state index contributed by atoms with van der Waals surface area (Å²) in [6.45, 7) is 42.0. The van der Waals surface area contributed by atoms with Crippen LogP contribution >= 0.6 is 0 Å². The largest absolute Gasteiger partial charge is 0.103 e. The highest BCUT2D eigenvalue weighted by molar-refractivity contribution is 6.27. The fourth-order valence-electron chi connectivity index (χ4n) is 12.3. The van der Waals surface area contributed by atoms with Crippen LogP contribution in [0.15, 0.2) is 89.7 Å². The Kier molecular flexibility index (Phi) is 9.32. The van der Waals surface area contributed by atoms with Crippen molar-refractivity contribution < 1.29 is 0 Å². The number of hydrogen-bond acceptors (Lipinski definition) is 0. The predicted molar refractivity (Wildman–Crippen MR) is 269 cm³/mol. The van der Waals surface area contributed by atoms with Crippen LogP contribution in [0.3, 0.4) is 0 Å². The summed E-state index contributed by atoms with van der Waals surface area (Å²) in [6, 6.07) is 29.4. The molecule has 0 amide bonds. The number of rotatable bonds is 3. The van der Waals surface area contributed by atoms with Crippen LogP contribution in [0.5, 0.6) is 0 Å². The van der Waals surface area contributed by atoms with Crippen molar-refractivity contribution in [3.63, 3.8) is 0 Å². The SMILES string of the molecule is Cc1cc(C)c(C(=C=C2C3=C(c4cc(C(C)(C)C)cc5cc(C(C)(C)C)cc3c45)C3(C)C2=C(c2c(C)cc(C)cc2C)c2c(C)cc(C)cc23)c2c(C)cc(C)cc2C)c(C)c1. The van der Waals surface area contributed by atoms with Gasteiger partial charge in [-0.05, 0) is 216 Å². The lowest BCUT2D eigenvalue weighted by Gasteiger charge is -2.30. The molecule has 0 bridgehead atoms. The number of fused-ring (bicyclic) bond motifs is 6. The van der Waals surface area contributed by atoms with E-state index in [0.717, 1.165) is 0 Å². The maximum Gasteiger partial charge on any atom is 0.0461 e. The third-order valence-corrected chi connectivity index (χ3v) is 14.6. The number of hydrogen-bond donors (Lipinski definition) is 0. The number of allylic oxidation sites excluding steroid dienone is 4. The molecule has 0 heterocycles. The highest BCUT2D eigenvalue weighted by atomic mass is 14.6. The van der Waals surface area contributed by atoms with Crippen LogP contribution in [-0.2, 0) is 16.2 Å². The van der Waals surface area contributed by atoms with Crippen molar-refractivity contribution >= 4 is 33.1 Å². The van der Waals surface area contributed by atoms with Gasteiger partial charge in [0.1, 0.15) is 0 Å². The van der Waals surface area contributed by atoms with Gasteiger partial charge in [-0.3, -0.25) is 0 Å². The van der Waals surface area contributed by atoms with Gasteiger partial charge < -0.3 is 0 Å².